The molecule has 2 aromatic rings. The van der Waals surface area contributed by atoms with E-state index >= 15 is 0 Å². The van der Waals surface area contributed by atoms with Crippen LogP contribution in [0, 0.1) is 0 Å². The largest absolute Gasteiger partial charge is 0.332 e. The fourth-order valence-corrected chi connectivity index (χ4v) is 5.44. The van der Waals surface area contributed by atoms with Crippen LogP contribution in [0.4, 0.5) is 0 Å². The van der Waals surface area contributed by atoms with Gasteiger partial charge in [-0.3, -0.25) is 25.2 Å². The van der Waals surface area contributed by atoms with Gasteiger partial charge in [-0.25, -0.2) is 0 Å². The summed E-state index contributed by atoms with van der Waals surface area (Å²) in [5.74, 6) is -1.01. The second-order valence-corrected chi connectivity index (χ2v) is 9.99. The van der Waals surface area contributed by atoms with E-state index in [2.05, 4.69) is 26.8 Å². The van der Waals surface area contributed by atoms with Gasteiger partial charge in [0.25, 0.3) is 17.7 Å². The van der Waals surface area contributed by atoms with Crippen molar-refractivity contribution in [1.82, 2.24) is 15.8 Å². The first-order valence-corrected chi connectivity index (χ1v) is 11.1. The van der Waals surface area contributed by atoms with Crippen LogP contribution in [0.1, 0.15) is 49.0 Å². The SMILES string of the molecule is CN(CC(=O)NNC(=O)c1cc2c(s1)CCCCC2)C(=O)c1ccc(Br)s1. The van der Waals surface area contributed by atoms with Gasteiger partial charge in [0.15, 0.2) is 0 Å². The summed E-state index contributed by atoms with van der Waals surface area (Å²) in [5.41, 5.74) is 6.08. The lowest BCUT2D eigenvalue weighted by Gasteiger charge is -2.16. The van der Waals surface area contributed by atoms with Gasteiger partial charge in [-0.2, -0.15) is 0 Å². The van der Waals surface area contributed by atoms with Crippen molar-refractivity contribution in [2.24, 2.45) is 0 Å². The second kappa shape index (κ2) is 8.99. The minimum atomic E-state index is -0.451. The van der Waals surface area contributed by atoms with Gasteiger partial charge in [0.05, 0.1) is 13.5 Å². The molecule has 1 aliphatic rings. The summed E-state index contributed by atoms with van der Waals surface area (Å²) in [5, 5.41) is 0. The minimum absolute atomic E-state index is 0.143. The molecule has 0 aliphatic heterocycles. The standard InChI is InChI=1S/C18H20BrN3O3S2/c1-22(18(25)13-7-8-15(19)27-13)10-16(23)20-21-17(24)14-9-11-5-3-2-4-6-12(11)26-14/h7-9H,2-6,10H2,1H3,(H,20,23)(H,21,24). The van der Waals surface area contributed by atoms with Gasteiger partial charge < -0.3 is 4.90 Å². The number of amides is 3. The molecule has 6 nitrogen and oxygen atoms in total. The Labute approximate surface area is 174 Å². The number of hydrogen-bond donors (Lipinski definition) is 2. The third-order valence-electron chi connectivity index (χ3n) is 4.30. The van der Waals surface area contributed by atoms with Crippen molar-refractivity contribution in [3.63, 3.8) is 0 Å². The number of carbonyl (C=O) groups excluding carboxylic acids is 3. The van der Waals surface area contributed by atoms with Crippen LogP contribution in [0.15, 0.2) is 22.0 Å². The van der Waals surface area contributed by atoms with E-state index in [-0.39, 0.29) is 18.4 Å². The molecule has 27 heavy (non-hydrogen) atoms. The average molecular weight is 470 g/mol. The average Bonchev–Trinajstić information content (AvgIpc) is 3.19. The van der Waals surface area contributed by atoms with Gasteiger partial charge >= 0.3 is 0 Å². The Bertz CT molecular complexity index is 838. The molecule has 0 unspecified atom stereocenters. The zero-order valence-corrected chi connectivity index (χ0v) is 18.1. The first kappa shape index (κ1) is 20.0. The maximum Gasteiger partial charge on any atom is 0.279 e. The van der Waals surface area contributed by atoms with E-state index in [0.717, 1.165) is 29.5 Å². The zero-order valence-electron chi connectivity index (χ0n) is 14.8. The molecular weight excluding hydrogens is 450 g/mol. The normalized spacial score (nSPS) is 13.4. The first-order valence-electron chi connectivity index (χ1n) is 8.65. The van der Waals surface area contributed by atoms with Crippen LogP contribution >= 0.6 is 38.6 Å². The van der Waals surface area contributed by atoms with Crippen LogP contribution in [-0.2, 0) is 17.6 Å². The molecule has 2 heterocycles. The highest BCUT2D eigenvalue weighted by Gasteiger charge is 2.19. The molecule has 0 spiro atoms. The number of hydrogen-bond acceptors (Lipinski definition) is 5. The van der Waals surface area contributed by atoms with E-state index in [1.807, 2.05) is 6.07 Å². The molecular formula is C18H20BrN3O3S2. The fourth-order valence-electron chi connectivity index (χ4n) is 2.91. The van der Waals surface area contributed by atoms with Crippen LogP contribution < -0.4 is 10.9 Å². The highest BCUT2D eigenvalue weighted by atomic mass is 79.9. The van der Waals surface area contributed by atoms with Gasteiger partial charge in [-0.15, -0.1) is 22.7 Å². The lowest BCUT2D eigenvalue weighted by Crippen LogP contribution is -2.46. The first-order chi connectivity index (χ1) is 12.9. The number of nitrogens with one attached hydrogen (secondary N) is 2. The van der Waals surface area contributed by atoms with Gasteiger partial charge in [0, 0.05) is 11.9 Å². The van der Waals surface area contributed by atoms with Crippen molar-refractivity contribution in [1.29, 1.82) is 0 Å². The summed E-state index contributed by atoms with van der Waals surface area (Å²) in [7, 11) is 1.55. The number of rotatable bonds is 4. The molecule has 144 valence electrons. The third kappa shape index (κ3) is 5.18. The zero-order chi connectivity index (χ0) is 19.4. The summed E-state index contributed by atoms with van der Waals surface area (Å²) in [4.78, 5) is 40.3. The number of fused-ring (bicyclic) bond motifs is 1. The summed E-state index contributed by atoms with van der Waals surface area (Å²) in [6, 6.07) is 5.42. The van der Waals surface area contributed by atoms with Crippen LogP contribution in [0.3, 0.4) is 0 Å². The number of nitrogens with zero attached hydrogens (tertiary/aromatic N) is 1. The molecule has 0 fully saturated rings. The van der Waals surface area contributed by atoms with Gasteiger partial charge in [-0.05, 0) is 65.4 Å². The Morgan fingerprint density at radius 2 is 1.85 bits per heavy atom. The van der Waals surface area contributed by atoms with E-state index in [1.165, 1.54) is 44.4 Å². The number of aryl methyl sites for hydroxylation is 2. The third-order valence-corrected chi connectivity index (χ3v) is 7.14. The quantitative estimate of drug-likeness (QED) is 0.531. The Kier molecular flexibility index (Phi) is 6.67. The summed E-state index contributed by atoms with van der Waals surface area (Å²) in [6.45, 7) is -0.143. The second-order valence-electron chi connectivity index (χ2n) is 6.39. The van der Waals surface area contributed by atoms with Gasteiger partial charge in [-0.1, -0.05) is 6.42 Å². The molecule has 1 aliphatic carbocycles. The van der Waals surface area contributed by atoms with Crippen molar-refractivity contribution in [2.75, 3.05) is 13.6 Å². The molecule has 3 rings (SSSR count). The van der Waals surface area contributed by atoms with Gasteiger partial charge in [0.1, 0.15) is 6.54 Å². The Hall–Kier alpha value is -1.71. The molecule has 0 radical (unpaired) electrons. The van der Waals surface area contributed by atoms with E-state index in [4.69, 9.17) is 0 Å². The minimum Gasteiger partial charge on any atom is -0.332 e. The monoisotopic (exact) mass is 469 g/mol. The van der Waals surface area contributed by atoms with Crippen molar-refractivity contribution in [2.45, 2.75) is 32.1 Å². The van der Waals surface area contributed by atoms with Crippen molar-refractivity contribution in [3.8, 4) is 0 Å². The summed E-state index contributed by atoms with van der Waals surface area (Å²) < 4.78 is 0.852. The molecule has 2 aromatic heterocycles. The van der Waals surface area contributed by atoms with Gasteiger partial charge in [0.2, 0.25) is 0 Å². The van der Waals surface area contributed by atoms with Crippen LogP contribution in [0.2, 0.25) is 0 Å². The van der Waals surface area contributed by atoms with Crippen LogP contribution in [-0.4, -0.2) is 36.2 Å². The number of halogens is 1. The Morgan fingerprint density at radius 1 is 1.07 bits per heavy atom. The highest BCUT2D eigenvalue weighted by Crippen LogP contribution is 2.28. The molecule has 0 bridgehead atoms. The maximum atomic E-state index is 12.3. The van der Waals surface area contributed by atoms with Crippen molar-refractivity contribution >= 4 is 56.3 Å². The molecule has 2 N–H and O–H groups in total. The summed E-state index contributed by atoms with van der Waals surface area (Å²) in [6.07, 6.45) is 5.57. The number of thiophene rings is 2. The Morgan fingerprint density at radius 3 is 2.59 bits per heavy atom. The summed E-state index contributed by atoms with van der Waals surface area (Å²) >= 11 is 6.11. The highest BCUT2D eigenvalue weighted by molar-refractivity contribution is 9.11. The molecule has 0 saturated heterocycles. The molecule has 9 heteroatoms. The maximum absolute atomic E-state index is 12.3. The van der Waals surface area contributed by atoms with E-state index < -0.39 is 5.91 Å². The van der Waals surface area contributed by atoms with E-state index in [1.54, 1.807) is 19.2 Å². The Balaban J connectivity index is 1.50. The van der Waals surface area contributed by atoms with Crippen molar-refractivity contribution < 1.29 is 14.4 Å². The number of hydrazine groups is 1. The number of likely N-dealkylation sites (N-methyl/N-ethyl adjacent to an activating group) is 1. The molecule has 0 atom stereocenters. The molecule has 0 saturated carbocycles. The van der Waals surface area contributed by atoms with E-state index in [0.29, 0.717) is 9.75 Å². The topological polar surface area (TPSA) is 78.5 Å². The smallest absolute Gasteiger partial charge is 0.279 e. The lowest BCUT2D eigenvalue weighted by atomic mass is 10.1. The lowest BCUT2D eigenvalue weighted by molar-refractivity contribution is -0.122. The van der Waals surface area contributed by atoms with Crippen LogP contribution in [0.25, 0.3) is 0 Å². The molecule has 3 amide bonds. The predicted octanol–water partition coefficient (Wildman–Crippen LogP) is 3.37. The molecule has 0 aromatic carbocycles. The predicted molar refractivity (Wildman–Crippen MR) is 110 cm³/mol. The van der Waals surface area contributed by atoms with Crippen molar-refractivity contribution in [3.05, 3.63) is 42.2 Å². The number of carbonyl (C=O) groups is 3. The fraction of sp³-hybridized carbons (Fsp3) is 0.389. The van der Waals surface area contributed by atoms with Crippen LogP contribution in [0.5, 0.6) is 0 Å². The van der Waals surface area contributed by atoms with E-state index in [9.17, 15) is 14.4 Å².